The topological polar surface area (TPSA) is 114 Å². The number of rotatable bonds is 5. The van der Waals surface area contributed by atoms with Gasteiger partial charge in [-0.2, -0.15) is 0 Å². The number of aryl methyl sites for hydroxylation is 1. The van der Waals surface area contributed by atoms with Gasteiger partial charge in [-0.05, 0) is 37.1 Å². The second-order valence-electron chi connectivity index (χ2n) is 8.10. The number of nitro benzene ring substituents is 1. The molecule has 33 heavy (non-hydrogen) atoms. The van der Waals surface area contributed by atoms with Crippen molar-refractivity contribution in [2.24, 2.45) is 0 Å². The summed E-state index contributed by atoms with van der Waals surface area (Å²) in [6, 6.07) is 10.3. The molecular formula is C23H26N4O6. The molecule has 2 aliphatic heterocycles. The Morgan fingerprint density at radius 3 is 2.61 bits per heavy atom. The van der Waals surface area contributed by atoms with Gasteiger partial charge in [0, 0.05) is 19.2 Å². The number of carbonyl (C=O) groups is 2. The van der Waals surface area contributed by atoms with Crippen LogP contribution < -0.4 is 15.0 Å². The number of hydrogen-bond donors (Lipinski definition) is 1. The molecule has 1 atom stereocenters. The minimum absolute atomic E-state index is 0.0855. The zero-order valence-electron chi connectivity index (χ0n) is 18.6. The largest absolute Gasteiger partial charge is 0.477 e. The van der Waals surface area contributed by atoms with Crippen molar-refractivity contribution in [3.05, 3.63) is 57.6 Å². The molecule has 1 saturated heterocycles. The van der Waals surface area contributed by atoms with Crippen LogP contribution in [0.4, 0.5) is 17.1 Å². The Morgan fingerprint density at radius 2 is 1.88 bits per heavy atom. The Hall–Kier alpha value is -3.66. The average molecular weight is 454 g/mol. The van der Waals surface area contributed by atoms with E-state index in [9.17, 15) is 19.7 Å². The summed E-state index contributed by atoms with van der Waals surface area (Å²) in [5.74, 6) is -0.0506. The lowest BCUT2D eigenvalue weighted by atomic mass is 10.1. The van der Waals surface area contributed by atoms with Crippen LogP contribution in [0, 0.1) is 24.0 Å². The Labute approximate surface area is 191 Å². The number of ether oxygens (including phenoxy) is 2. The van der Waals surface area contributed by atoms with Crippen molar-refractivity contribution in [1.82, 2.24) is 4.90 Å². The summed E-state index contributed by atoms with van der Waals surface area (Å²) in [4.78, 5) is 40.4. The number of fused-ring (bicyclic) bond motifs is 1. The summed E-state index contributed by atoms with van der Waals surface area (Å²) < 4.78 is 11.3. The standard InChI is InChI=1S/C23H26N4O6/c1-15-7-8-18(27(30)31)22(16(15)2)24-21(28)14-26-13-20(23(29)25-9-11-32-12-10-25)33-19-6-4-3-5-17(19)26/h3-8,20H,9-14H2,1-2H3,(H,24,28)/t20-/m1/s1. The highest BCUT2D eigenvalue weighted by atomic mass is 16.6. The van der Waals surface area contributed by atoms with Crippen LogP contribution in [0.3, 0.4) is 0 Å². The highest BCUT2D eigenvalue weighted by Gasteiger charge is 2.35. The van der Waals surface area contributed by atoms with E-state index in [1.165, 1.54) is 6.07 Å². The van der Waals surface area contributed by atoms with Gasteiger partial charge in [-0.25, -0.2) is 0 Å². The first-order valence-corrected chi connectivity index (χ1v) is 10.8. The number of hydrogen-bond acceptors (Lipinski definition) is 7. The van der Waals surface area contributed by atoms with Crippen LogP contribution in [-0.4, -0.2) is 67.1 Å². The van der Waals surface area contributed by atoms with Gasteiger partial charge in [0.1, 0.15) is 11.4 Å². The summed E-state index contributed by atoms with van der Waals surface area (Å²) in [7, 11) is 0. The first-order valence-electron chi connectivity index (χ1n) is 10.8. The monoisotopic (exact) mass is 454 g/mol. The van der Waals surface area contributed by atoms with E-state index >= 15 is 0 Å². The lowest BCUT2D eigenvalue weighted by Crippen LogP contribution is -2.53. The predicted molar refractivity (Wildman–Crippen MR) is 122 cm³/mol. The van der Waals surface area contributed by atoms with Gasteiger partial charge >= 0.3 is 0 Å². The SMILES string of the molecule is Cc1ccc([N+](=O)[O-])c(NC(=O)CN2C[C@H](C(=O)N3CCOCC3)Oc3ccccc32)c1C. The maximum Gasteiger partial charge on any atom is 0.293 e. The minimum Gasteiger partial charge on any atom is -0.477 e. The van der Waals surface area contributed by atoms with Crippen LogP contribution >= 0.6 is 0 Å². The highest BCUT2D eigenvalue weighted by Crippen LogP contribution is 2.34. The van der Waals surface area contributed by atoms with Crippen molar-refractivity contribution in [2.45, 2.75) is 20.0 Å². The van der Waals surface area contributed by atoms with Crippen molar-refractivity contribution in [2.75, 3.05) is 49.6 Å². The number of nitrogens with one attached hydrogen (secondary N) is 1. The van der Waals surface area contributed by atoms with Crippen LogP contribution in [0.15, 0.2) is 36.4 Å². The van der Waals surface area contributed by atoms with E-state index < -0.39 is 16.9 Å². The molecule has 2 amide bonds. The summed E-state index contributed by atoms with van der Waals surface area (Å²) in [6.45, 7) is 5.63. The Kier molecular flexibility index (Phi) is 6.45. The summed E-state index contributed by atoms with van der Waals surface area (Å²) >= 11 is 0. The molecule has 0 bridgehead atoms. The Bertz CT molecular complexity index is 1080. The van der Waals surface area contributed by atoms with Crippen molar-refractivity contribution in [3.63, 3.8) is 0 Å². The second kappa shape index (κ2) is 9.45. The quantitative estimate of drug-likeness (QED) is 0.544. The smallest absolute Gasteiger partial charge is 0.293 e. The van der Waals surface area contributed by atoms with E-state index in [-0.39, 0.29) is 30.4 Å². The summed E-state index contributed by atoms with van der Waals surface area (Å²) in [5, 5.41) is 14.2. The van der Waals surface area contributed by atoms with Gasteiger partial charge in [0.25, 0.3) is 11.6 Å². The normalized spacial score (nSPS) is 17.7. The van der Waals surface area contributed by atoms with Gasteiger partial charge in [0.15, 0.2) is 6.10 Å². The average Bonchev–Trinajstić information content (AvgIpc) is 2.82. The van der Waals surface area contributed by atoms with Gasteiger partial charge in [-0.15, -0.1) is 0 Å². The third-order valence-corrected chi connectivity index (χ3v) is 5.97. The van der Waals surface area contributed by atoms with Crippen molar-refractivity contribution in [3.8, 4) is 5.75 Å². The van der Waals surface area contributed by atoms with E-state index in [1.54, 1.807) is 34.9 Å². The fraction of sp³-hybridized carbons (Fsp3) is 0.391. The van der Waals surface area contributed by atoms with Gasteiger partial charge in [0.2, 0.25) is 5.91 Å². The molecule has 2 aromatic rings. The van der Waals surface area contributed by atoms with Crippen molar-refractivity contribution in [1.29, 1.82) is 0 Å². The molecule has 0 spiro atoms. The Balaban J connectivity index is 1.54. The third-order valence-electron chi connectivity index (χ3n) is 5.97. The van der Waals surface area contributed by atoms with Crippen LogP contribution in [0.2, 0.25) is 0 Å². The molecular weight excluding hydrogens is 428 g/mol. The van der Waals surface area contributed by atoms with Crippen LogP contribution in [0.5, 0.6) is 5.75 Å². The molecule has 2 aliphatic rings. The molecule has 0 unspecified atom stereocenters. The second-order valence-corrected chi connectivity index (χ2v) is 8.10. The van der Waals surface area contributed by atoms with E-state index in [0.717, 1.165) is 5.56 Å². The Morgan fingerprint density at radius 1 is 1.15 bits per heavy atom. The molecule has 1 fully saturated rings. The molecule has 0 saturated carbocycles. The third kappa shape index (κ3) is 4.75. The first-order chi connectivity index (χ1) is 15.8. The number of morpholine rings is 1. The van der Waals surface area contributed by atoms with Crippen molar-refractivity contribution < 1.29 is 24.0 Å². The zero-order valence-corrected chi connectivity index (χ0v) is 18.6. The lowest BCUT2D eigenvalue weighted by Gasteiger charge is -2.38. The highest BCUT2D eigenvalue weighted by molar-refractivity contribution is 5.97. The number of anilines is 2. The van der Waals surface area contributed by atoms with E-state index in [0.29, 0.717) is 43.3 Å². The number of carbonyl (C=O) groups excluding carboxylic acids is 2. The van der Waals surface area contributed by atoms with Crippen LogP contribution in [-0.2, 0) is 14.3 Å². The molecule has 1 N–H and O–H groups in total. The maximum atomic E-state index is 13.0. The number of benzene rings is 2. The molecule has 10 nitrogen and oxygen atoms in total. The number of amides is 2. The van der Waals surface area contributed by atoms with E-state index in [2.05, 4.69) is 5.32 Å². The minimum atomic E-state index is -0.763. The van der Waals surface area contributed by atoms with Gasteiger partial charge < -0.3 is 24.6 Å². The number of para-hydroxylation sites is 2. The van der Waals surface area contributed by atoms with E-state index in [1.807, 2.05) is 19.1 Å². The molecule has 0 aliphatic carbocycles. The molecule has 0 radical (unpaired) electrons. The number of nitrogens with zero attached hydrogens (tertiary/aromatic N) is 3. The van der Waals surface area contributed by atoms with Gasteiger partial charge in [0.05, 0.1) is 36.9 Å². The molecule has 4 rings (SSSR count). The fourth-order valence-corrected chi connectivity index (χ4v) is 4.04. The van der Waals surface area contributed by atoms with Crippen molar-refractivity contribution >= 4 is 28.9 Å². The zero-order chi connectivity index (χ0) is 23.5. The van der Waals surface area contributed by atoms with Gasteiger partial charge in [-0.3, -0.25) is 19.7 Å². The molecule has 0 aromatic heterocycles. The molecule has 174 valence electrons. The van der Waals surface area contributed by atoms with Gasteiger partial charge in [-0.1, -0.05) is 18.2 Å². The number of nitro groups is 1. The predicted octanol–water partition coefficient (Wildman–Crippen LogP) is 2.28. The van der Waals surface area contributed by atoms with Crippen LogP contribution in [0.25, 0.3) is 0 Å². The molecule has 2 heterocycles. The van der Waals surface area contributed by atoms with E-state index in [4.69, 9.17) is 9.47 Å². The fourth-order valence-electron chi connectivity index (χ4n) is 4.04. The summed E-state index contributed by atoms with van der Waals surface area (Å²) in [5.41, 5.74) is 2.19. The maximum absolute atomic E-state index is 13.0. The summed E-state index contributed by atoms with van der Waals surface area (Å²) in [6.07, 6.45) is -0.763. The van der Waals surface area contributed by atoms with Crippen LogP contribution in [0.1, 0.15) is 11.1 Å². The first kappa shape index (κ1) is 22.5. The molecule has 10 heteroatoms. The molecule has 2 aromatic carbocycles. The lowest BCUT2D eigenvalue weighted by molar-refractivity contribution is -0.384.